The molecule has 3 rings (SSSR count). The number of hydrogen-bond donors (Lipinski definition) is 1. The van der Waals surface area contributed by atoms with E-state index in [-0.39, 0.29) is 12.0 Å². The lowest BCUT2D eigenvalue weighted by atomic mass is 10.0. The molecule has 1 aliphatic heterocycles. The maximum Gasteiger partial charge on any atom is 0.410 e. The number of benzene rings is 1. The fourth-order valence-corrected chi connectivity index (χ4v) is 2.77. The average Bonchev–Trinajstić information content (AvgIpc) is 3.03. The van der Waals surface area contributed by atoms with Crippen molar-refractivity contribution in [1.29, 1.82) is 0 Å². The van der Waals surface area contributed by atoms with Crippen molar-refractivity contribution in [2.75, 3.05) is 13.1 Å². The van der Waals surface area contributed by atoms with Crippen LogP contribution in [0.2, 0.25) is 0 Å². The van der Waals surface area contributed by atoms with E-state index in [2.05, 4.69) is 16.3 Å². The minimum absolute atomic E-state index is 0.232. The highest BCUT2D eigenvalue weighted by molar-refractivity contribution is 5.82. The summed E-state index contributed by atoms with van der Waals surface area (Å²) in [6.45, 7) is 7.06. The van der Waals surface area contributed by atoms with Gasteiger partial charge >= 0.3 is 6.09 Å². The van der Waals surface area contributed by atoms with E-state index in [1.807, 2.05) is 39.0 Å². The first-order valence-electron chi connectivity index (χ1n) is 7.35. The van der Waals surface area contributed by atoms with Crippen LogP contribution in [0, 0.1) is 0 Å². The molecule has 2 heterocycles. The molecular formula is C16H21N3O2. The lowest BCUT2D eigenvalue weighted by Gasteiger charge is -2.24. The molecule has 1 unspecified atom stereocenters. The van der Waals surface area contributed by atoms with Crippen molar-refractivity contribution in [2.24, 2.45) is 0 Å². The molecule has 1 fully saturated rings. The number of likely N-dealkylation sites (tertiary alicyclic amines) is 1. The van der Waals surface area contributed by atoms with E-state index in [4.69, 9.17) is 4.74 Å². The van der Waals surface area contributed by atoms with Gasteiger partial charge in [0, 0.05) is 24.4 Å². The molecule has 0 saturated carbocycles. The Bertz CT molecular complexity index is 657. The van der Waals surface area contributed by atoms with Gasteiger partial charge in [0.1, 0.15) is 5.60 Å². The van der Waals surface area contributed by atoms with Gasteiger partial charge in [-0.25, -0.2) is 4.79 Å². The number of fused-ring (bicyclic) bond motifs is 1. The standard InChI is InChI=1S/C16H21N3O2/c1-16(2,3)21-15(20)19-9-8-11(10-19)14-12-6-4-5-7-13(12)17-18-14/h4-7,11H,8-10H2,1-3H3,(H,17,18). The van der Waals surface area contributed by atoms with Crippen molar-refractivity contribution in [1.82, 2.24) is 15.1 Å². The second-order valence-corrected chi connectivity index (χ2v) is 6.57. The molecule has 112 valence electrons. The summed E-state index contributed by atoms with van der Waals surface area (Å²) in [7, 11) is 0. The van der Waals surface area contributed by atoms with Crippen LogP contribution < -0.4 is 0 Å². The topological polar surface area (TPSA) is 58.2 Å². The maximum absolute atomic E-state index is 12.1. The molecule has 0 bridgehead atoms. The zero-order valence-corrected chi connectivity index (χ0v) is 12.7. The van der Waals surface area contributed by atoms with Crippen LogP contribution in [0.1, 0.15) is 38.8 Å². The number of para-hydroxylation sites is 1. The minimum Gasteiger partial charge on any atom is -0.444 e. The molecule has 1 amide bonds. The number of rotatable bonds is 1. The molecule has 0 radical (unpaired) electrons. The van der Waals surface area contributed by atoms with Crippen molar-refractivity contribution in [2.45, 2.75) is 38.7 Å². The third kappa shape index (κ3) is 2.86. The highest BCUT2D eigenvalue weighted by Crippen LogP contribution is 2.31. The zero-order chi connectivity index (χ0) is 15.0. The van der Waals surface area contributed by atoms with Gasteiger partial charge in [-0.1, -0.05) is 18.2 Å². The molecule has 5 heteroatoms. The number of hydrogen-bond acceptors (Lipinski definition) is 3. The second kappa shape index (κ2) is 5.06. The maximum atomic E-state index is 12.1. The first-order chi connectivity index (χ1) is 9.94. The molecule has 0 spiro atoms. The number of carbonyl (C=O) groups excluding carboxylic acids is 1. The highest BCUT2D eigenvalue weighted by atomic mass is 16.6. The van der Waals surface area contributed by atoms with E-state index in [0.717, 1.165) is 29.6 Å². The van der Waals surface area contributed by atoms with Crippen molar-refractivity contribution < 1.29 is 9.53 Å². The Morgan fingerprint density at radius 2 is 2.14 bits per heavy atom. The van der Waals surface area contributed by atoms with Gasteiger partial charge in [0.25, 0.3) is 0 Å². The number of aromatic amines is 1. The van der Waals surface area contributed by atoms with Gasteiger partial charge in [-0.3, -0.25) is 5.10 Å². The number of ether oxygens (including phenoxy) is 1. The summed E-state index contributed by atoms with van der Waals surface area (Å²) in [5.41, 5.74) is 1.65. The molecule has 1 aliphatic rings. The molecule has 21 heavy (non-hydrogen) atoms. The molecule has 1 aromatic carbocycles. The fraction of sp³-hybridized carbons (Fsp3) is 0.500. The number of carbonyl (C=O) groups is 1. The third-order valence-electron chi connectivity index (χ3n) is 3.73. The van der Waals surface area contributed by atoms with Crippen molar-refractivity contribution in [3.05, 3.63) is 30.0 Å². The molecule has 1 saturated heterocycles. The van der Waals surface area contributed by atoms with Crippen molar-refractivity contribution in [3.8, 4) is 0 Å². The predicted octanol–water partition coefficient (Wildman–Crippen LogP) is 3.29. The van der Waals surface area contributed by atoms with Crippen molar-refractivity contribution in [3.63, 3.8) is 0 Å². The van der Waals surface area contributed by atoms with Gasteiger partial charge in [0.15, 0.2) is 0 Å². The summed E-state index contributed by atoms with van der Waals surface area (Å²) in [6, 6.07) is 8.10. The van der Waals surface area contributed by atoms with Gasteiger partial charge in [0.05, 0.1) is 11.2 Å². The third-order valence-corrected chi connectivity index (χ3v) is 3.73. The Kier molecular flexibility index (Phi) is 3.35. The number of amides is 1. The zero-order valence-electron chi connectivity index (χ0n) is 12.7. The van der Waals surface area contributed by atoms with E-state index in [0.29, 0.717) is 6.54 Å². The van der Waals surface area contributed by atoms with Crippen LogP contribution in [0.15, 0.2) is 24.3 Å². The van der Waals surface area contributed by atoms with E-state index in [1.165, 1.54) is 0 Å². The molecule has 0 aliphatic carbocycles. The van der Waals surface area contributed by atoms with Crippen LogP contribution in [0.4, 0.5) is 4.79 Å². The van der Waals surface area contributed by atoms with Gasteiger partial charge in [-0.2, -0.15) is 5.10 Å². The minimum atomic E-state index is -0.450. The first kappa shape index (κ1) is 13.9. The molecule has 1 aromatic heterocycles. The first-order valence-corrected chi connectivity index (χ1v) is 7.35. The monoisotopic (exact) mass is 287 g/mol. The van der Waals surface area contributed by atoms with Crippen LogP contribution in [-0.4, -0.2) is 39.9 Å². The average molecular weight is 287 g/mol. The van der Waals surface area contributed by atoms with Gasteiger partial charge in [-0.05, 0) is 33.3 Å². The molecule has 1 N–H and O–H groups in total. The normalized spacial score (nSPS) is 19.2. The number of nitrogens with zero attached hydrogens (tertiary/aromatic N) is 2. The second-order valence-electron chi connectivity index (χ2n) is 6.57. The van der Waals surface area contributed by atoms with Crippen LogP contribution >= 0.6 is 0 Å². The lowest BCUT2D eigenvalue weighted by Crippen LogP contribution is -2.35. The van der Waals surface area contributed by atoms with Gasteiger partial charge < -0.3 is 9.64 Å². The van der Waals surface area contributed by atoms with E-state index in [1.54, 1.807) is 4.90 Å². The molecular weight excluding hydrogens is 266 g/mol. The fourth-order valence-electron chi connectivity index (χ4n) is 2.77. The Hall–Kier alpha value is -2.04. The number of aromatic nitrogens is 2. The van der Waals surface area contributed by atoms with Crippen LogP contribution in [-0.2, 0) is 4.74 Å². The smallest absolute Gasteiger partial charge is 0.410 e. The summed E-state index contributed by atoms with van der Waals surface area (Å²) in [5, 5.41) is 8.65. The number of nitrogens with one attached hydrogen (secondary N) is 1. The number of H-pyrrole nitrogens is 1. The quantitative estimate of drug-likeness (QED) is 0.875. The predicted molar refractivity (Wildman–Crippen MR) is 81.3 cm³/mol. The SMILES string of the molecule is CC(C)(C)OC(=O)N1CCC(c2n[nH]c3ccccc23)C1. The van der Waals surface area contributed by atoms with Crippen LogP contribution in [0.3, 0.4) is 0 Å². The Morgan fingerprint density at radius 3 is 2.90 bits per heavy atom. The molecule has 2 aromatic rings. The Labute approximate surface area is 124 Å². The highest BCUT2D eigenvalue weighted by Gasteiger charge is 2.32. The summed E-state index contributed by atoms with van der Waals surface area (Å²) in [5.74, 6) is 0.272. The molecule has 5 nitrogen and oxygen atoms in total. The summed E-state index contributed by atoms with van der Waals surface area (Å²) in [4.78, 5) is 13.9. The Balaban J connectivity index is 1.74. The van der Waals surface area contributed by atoms with E-state index < -0.39 is 5.60 Å². The molecule has 1 atom stereocenters. The van der Waals surface area contributed by atoms with E-state index in [9.17, 15) is 4.79 Å². The lowest BCUT2D eigenvalue weighted by molar-refractivity contribution is 0.0292. The van der Waals surface area contributed by atoms with Crippen molar-refractivity contribution >= 4 is 17.0 Å². The van der Waals surface area contributed by atoms with Gasteiger partial charge in [-0.15, -0.1) is 0 Å². The summed E-state index contributed by atoms with van der Waals surface area (Å²) in [6.07, 6.45) is 0.693. The Morgan fingerprint density at radius 1 is 1.38 bits per heavy atom. The van der Waals surface area contributed by atoms with E-state index >= 15 is 0 Å². The summed E-state index contributed by atoms with van der Waals surface area (Å²) < 4.78 is 5.43. The van der Waals surface area contributed by atoms with Crippen LogP contribution in [0.5, 0.6) is 0 Å². The van der Waals surface area contributed by atoms with Crippen LogP contribution in [0.25, 0.3) is 10.9 Å². The van der Waals surface area contributed by atoms with Gasteiger partial charge in [0.2, 0.25) is 0 Å². The largest absolute Gasteiger partial charge is 0.444 e. The summed E-state index contributed by atoms with van der Waals surface area (Å²) >= 11 is 0.